The summed E-state index contributed by atoms with van der Waals surface area (Å²) in [6, 6.07) is 4.83. The van der Waals surface area contributed by atoms with Gasteiger partial charge in [-0.15, -0.1) is 0 Å². The molecule has 2 heterocycles. The lowest BCUT2D eigenvalue weighted by molar-refractivity contribution is -0.138. The topological polar surface area (TPSA) is 115 Å². The van der Waals surface area contributed by atoms with Crippen LogP contribution in [0.1, 0.15) is 34.1 Å². The number of methoxy groups -OCH3 is 1. The zero-order valence-corrected chi connectivity index (χ0v) is 21.7. The van der Waals surface area contributed by atoms with Gasteiger partial charge in [-0.3, -0.25) is 14.4 Å². The van der Waals surface area contributed by atoms with Crippen molar-refractivity contribution in [2.75, 3.05) is 33.4 Å². The molecule has 0 spiro atoms. The maximum absolute atomic E-state index is 12.9. The highest BCUT2D eigenvalue weighted by Gasteiger charge is 2.26. The number of amides is 3. The van der Waals surface area contributed by atoms with E-state index in [-0.39, 0.29) is 49.3 Å². The molecule has 36 heavy (non-hydrogen) atoms. The van der Waals surface area contributed by atoms with Crippen molar-refractivity contribution >= 4 is 17.7 Å². The third kappa shape index (κ3) is 6.99. The Balaban J connectivity index is 1.93. The minimum Gasteiger partial charge on any atom is -0.493 e. The van der Waals surface area contributed by atoms with Gasteiger partial charge in [-0.1, -0.05) is 27.7 Å². The van der Waals surface area contributed by atoms with Crippen molar-refractivity contribution < 1.29 is 23.9 Å². The summed E-state index contributed by atoms with van der Waals surface area (Å²) in [6.07, 6.45) is 3.86. The molecule has 0 saturated carbocycles. The summed E-state index contributed by atoms with van der Waals surface area (Å²) in [5.41, 5.74) is 0.830. The number of benzene rings is 1. The predicted octanol–water partition coefficient (Wildman–Crippen LogP) is 2.08. The molecule has 1 aliphatic rings. The van der Waals surface area contributed by atoms with Crippen LogP contribution in [-0.2, 0) is 20.9 Å². The summed E-state index contributed by atoms with van der Waals surface area (Å²) in [6.45, 7) is 8.73. The van der Waals surface area contributed by atoms with Gasteiger partial charge in [-0.25, -0.2) is 4.98 Å². The van der Waals surface area contributed by atoms with E-state index in [9.17, 15) is 14.4 Å². The van der Waals surface area contributed by atoms with E-state index in [0.29, 0.717) is 31.0 Å². The molecule has 3 rings (SSSR count). The SMILES string of the molecule is COc1ccc2cc1OCCN(C(=O)CC(C)C)CC(=O)N[C@H](C(C)C)C(=O)NCCn1ccnc1-2. The number of ether oxygens (including phenoxy) is 2. The van der Waals surface area contributed by atoms with E-state index in [2.05, 4.69) is 15.6 Å². The number of hydrogen-bond acceptors (Lipinski definition) is 6. The highest BCUT2D eigenvalue weighted by atomic mass is 16.5. The summed E-state index contributed by atoms with van der Waals surface area (Å²) in [5.74, 6) is 1.01. The van der Waals surface area contributed by atoms with Crippen LogP contribution in [0.5, 0.6) is 11.5 Å². The molecule has 2 bridgehead atoms. The van der Waals surface area contributed by atoms with Crippen molar-refractivity contribution in [1.29, 1.82) is 0 Å². The van der Waals surface area contributed by atoms with E-state index in [4.69, 9.17) is 9.47 Å². The van der Waals surface area contributed by atoms with E-state index in [0.717, 1.165) is 11.4 Å². The fourth-order valence-electron chi connectivity index (χ4n) is 4.05. The number of rotatable bonds is 4. The van der Waals surface area contributed by atoms with Gasteiger partial charge in [-0.05, 0) is 30.0 Å². The maximum Gasteiger partial charge on any atom is 0.242 e. The summed E-state index contributed by atoms with van der Waals surface area (Å²) < 4.78 is 13.4. The molecule has 1 aromatic carbocycles. The zero-order valence-electron chi connectivity index (χ0n) is 21.7. The van der Waals surface area contributed by atoms with E-state index in [1.54, 1.807) is 13.3 Å². The molecule has 3 amide bonds. The van der Waals surface area contributed by atoms with Gasteiger partial charge in [0.15, 0.2) is 11.5 Å². The number of nitrogens with one attached hydrogen (secondary N) is 2. The van der Waals surface area contributed by atoms with Gasteiger partial charge in [0.05, 0.1) is 20.2 Å². The van der Waals surface area contributed by atoms with Gasteiger partial charge >= 0.3 is 0 Å². The molecule has 0 saturated heterocycles. The average Bonchev–Trinajstić information content (AvgIpc) is 3.29. The van der Waals surface area contributed by atoms with Crippen molar-refractivity contribution in [3.05, 3.63) is 30.6 Å². The standard InChI is InChI=1S/C26H37N5O5/c1-17(2)14-23(33)31-12-13-36-21-15-19(6-7-20(21)35-5)25-27-8-10-30(25)11-9-28-26(34)24(18(3)4)29-22(32)16-31/h6-8,10,15,17-18,24H,9,11-14,16H2,1-5H3,(H,28,34)(H,29,32)/t24-/m1/s1. The highest BCUT2D eigenvalue weighted by Crippen LogP contribution is 2.32. The first-order valence-electron chi connectivity index (χ1n) is 12.4. The van der Waals surface area contributed by atoms with Crippen LogP contribution in [0.25, 0.3) is 11.4 Å². The third-order valence-corrected chi connectivity index (χ3v) is 5.94. The van der Waals surface area contributed by atoms with E-state index < -0.39 is 6.04 Å². The molecule has 2 N–H and O–H groups in total. The Morgan fingerprint density at radius 2 is 2.00 bits per heavy atom. The molecule has 10 heteroatoms. The lowest BCUT2D eigenvalue weighted by atomic mass is 10.0. The summed E-state index contributed by atoms with van der Waals surface area (Å²) in [7, 11) is 1.56. The first kappa shape index (κ1) is 27.0. The van der Waals surface area contributed by atoms with Crippen molar-refractivity contribution in [2.45, 2.75) is 46.7 Å². The molecule has 0 unspecified atom stereocenters. The minimum absolute atomic E-state index is 0.128. The lowest BCUT2D eigenvalue weighted by Crippen LogP contribution is -2.53. The van der Waals surface area contributed by atoms with Gasteiger partial charge in [0.1, 0.15) is 18.5 Å². The van der Waals surface area contributed by atoms with E-state index >= 15 is 0 Å². The van der Waals surface area contributed by atoms with Gasteiger partial charge in [0, 0.05) is 37.5 Å². The number of fused-ring (bicyclic) bond motifs is 4. The molecule has 10 nitrogen and oxygen atoms in total. The molecule has 1 aliphatic heterocycles. The molecular formula is C26H37N5O5. The van der Waals surface area contributed by atoms with Crippen LogP contribution in [0.2, 0.25) is 0 Å². The fraction of sp³-hybridized carbons (Fsp3) is 0.538. The number of imidazole rings is 1. The minimum atomic E-state index is -0.715. The largest absolute Gasteiger partial charge is 0.493 e. The van der Waals surface area contributed by atoms with Crippen LogP contribution in [0.3, 0.4) is 0 Å². The Labute approximate surface area is 212 Å². The lowest BCUT2D eigenvalue weighted by Gasteiger charge is -2.26. The summed E-state index contributed by atoms with van der Waals surface area (Å²) >= 11 is 0. The smallest absolute Gasteiger partial charge is 0.242 e. The van der Waals surface area contributed by atoms with Crippen LogP contribution in [0.15, 0.2) is 30.6 Å². The van der Waals surface area contributed by atoms with Crippen molar-refractivity contribution in [1.82, 2.24) is 25.1 Å². The van der Waals surface area contributed by atoms with Crippen molar-refractivity contribution in [2.24, 2.45) is 11.8 Å². The molecule has 1 atom stereocenters. The highest BCUT2D eigenvalue weighted by molar-refractivity contribution is 5.90. The van der Waals surface area contributed by atoms with E-state index in [1.165, 1.54) is 4.90 Å². The Morgan fingerprint density at radius 3 is 2.69 bits per heavy atom. The second-order valence-electron chi connectivity index (χ2n) is 9.65. The van der Waals surface area contributed by atoms with Gasteiger partial charge < -0.3 is 29.6 Å². The number of hydrogen-bond donors (Lipinski definition) is 2. The van der Waals surface area contributed by atoms with Crippen LogP contribution in [0.4, 0.5) is 0 Å². The third-order valence-electron chi connectivity index (χ3n) is 5.94. The fourth-order valence-corrected chi connectivity index (χ4v) is 4.05. The molecule has 1 aromatic heterocycles. The number of aromatic nitrogens is 2. The van der Waals surface area contributed by atoms with Crippen LogP contribution in [-0.4, -0.2) is 71.6 Å². The van der Waals surface area contributed by atoms with Gasteiger partial charge in [0.25, 0.3) is 0 Å². The molecule has 196 valence electrons. The average molecular weight is 500 g/mol. The van der Waals surface area contributed by atoms with Crippen molar-refractivity contribution in [3.63, 3.8) is 0 Å². The molecule has 0 fully saturated rings. The van der Waals surface area contributed by atoms with Crippen LogP contribution in [0, 0.1) is 11.8 Å². The second-order valence-corrected chi connectivity index (χ2v) is 9.65. The first-order valence-corrected chi connectivity index (χ1v) is 12.4. The monoisotopic (exact) mass is 499 g/mol. The van der Waals surface area contributed by atoms with Crippen LogP contribution >= 0.6 is 0 Å². The van der Waals surface area contributed by atoms with E-state index in [1.807, 2.05) is 56.7 Å². The Morgan fingerprint density at radius 1 is 1.22 bits per heavy atom. The van der Waals surface area contributed by atoms with Gasteiger partial charge in [0.2, 0.25) is 17.7 Å². The Hall–Kier alpha value is -3.56. The number of carbonyl (C=O) groups is 3. The summed E-state index contributed by atoms with van der Waals surface area (Å²) in [5, 5.41) is 5.73. The zero-order chi connectivity index (χ0) is 26.2. The second kappa shape index (κ2) is 12.4. The Kier molecular flexibility index (Phi) is 9.32. The first-order chi connectivity index (χ1) is 17.2. The quantitative estimate of drug-likeness (QED) is 0.666. The van der Waals surface area contributed by atoms with Crippen LogP contribution < -0.4 is 20.1 Å². The predicted molar refractivity (Wildman–Crippen MR) is 136 cm³/mol. The normalized spacial score (nSPS) is 17.6. The number of carbonyl (C=O) groups excluding carboxylic acids is 3. The molecular weight excluding hydrogens is 462 g/mol. The Bertz CT molecular complexity index is 1060. The maximum atomic E-state index is 12.9. The molecule has 0 aliphatic carbocycles. The molecule has 2 aromatic rings. The van der Waals surface area contributed by atoms with Crippen molar-refractivity contribution in [3.8, 4) is 22.9 Å². The number of nitrogens with zero attached hydrogens (tertiary/aromatic N) is 3. The summed E-state index contributed by atoms with van der Waals surface area (Å²) in [4.78, 5) is 44.7. The van der Waals surface area contributed by atoms with Gasteiger partial charge in [-0.2, -0.15) is 0 Å². The molecule has 0 radical (unpaired) electrons.